The summed E-state index contributed by atoms with van der Waals surface area (Å²) >= 11 is 0. The Bertz CT molecular complexity index is 1260. The Morgan fingerprint density at radius 2 is 1.56 bits per heavy atom. The number of carbonyl (C=O) groups is 3. The van der Waals surface area contributed by atoms with Crippen molar-refractivity contribution in [1.29, 1.82) is 0 Å². The van der Waals surface area contributed by atoms with Crippen molar-refractivity contribution in [2.75, 3.05) is 24.5 Å². The van der Waals surface area contributed by atoms with Gasteiger partial charge in [0.05, 0.1) is 0 Å². The molecule has 7 fully saturated rings. The first-order chi connectivity index (χ1) is 18.6. The maximum atomic E-state index is 13.5. The van der Waals surface area contributed by atoms with E-state index < -0.39 is 10.0 Å². The molecule has 4 saturated carbocycles. The first kappa shape index (κ1) is 25.4. The van der Waals surface area contributed by atoms with Gasteiger partial charge in [-0.05, 0) is 80.8 Å². The van der Waals surface area contributed by atoms with Gasteiger partial charge in [-0.15, -0.1) is 0 Å². The van der Waals surface area contributed by atoms with E-state index >= 15 is 0 Å². The number of rotatable bonds is 5. The Morgan fingerprint density at radius 1 is 0.974 bits per heavy atom. The van der Waals surface area contributed by atoms with E-state index in [1.54, 1.807) is 0 Å². The summed E-state index contributed by atoms with van der Waals surface area (Å²) in [5.74, 6) is 2.05. The molecule has 8 rings (SSSR count). The van der Waals surface area contributed by atoms with Crippen molar-refractivity contribution >= 4 is 33.7 Å². The summed E-state index contributed by atoms with van der Waals surface area (Å²) in [5.41, 5.74) is 6.66. The topological polar surface area (TPSA) is 146 Å². The Labute approximate surface area is 228 Å². The number of nitrogens with one attached hydrogen (secondary N) is 1. The maximum absolute atomic E-state index is 13.5. The second-order valence-electron chi connectivity index (χ2n) is 12.7. The summed E-state index contributed by atoms with van der Waals surface area (Å²) in [6.45, 7) is 0.928. The molecule has 4 amide bonds. The third-order valence-corrected chi connectivity index (χ3v) is 12.3. The van der Waals surface area contributed by atoms with E-state index in [1.165, 1.54) is 54.7 Å². The molecule has 210 valence electrons. The fraction of sp³-hybridized carbons (Fsp3) is 0.704. The van der Waals surface area contributed by atoms with E-state index in [2.05, 4.69) is 10.3 Å². The Kier molecular flexibility index (Phi) is 5.84. The zero-order chi connectivity index (χ0) is 27.1. The molecule has 0 aromatic carbocycles. The SMILES string of the molecule is NC1(CNC(=O)N2C3CCC2CN(S(=O)(=O)c2ccc(N4C(=O)CCC4=O)nc2)C3)C2CC3CC(C2)CC1C3. The molecule has 0 radical (unpaired) electrons. The third kappa shape index (κ3) is 4.01. The Balaban J connectivity index is 1.01. The highest BCUT2D eigenvalue weighted by Crippen LogP contribution is 2.57. The molecule has 3 N–H and O–H groups in total. The van der Waals surface area contributed by atoms with Crippen LogP contribution in [0.5, 0.6) is 0 Å². The Hall–Kier alpha value is -2.57. The number of urea groups is 1. The number of anilines is 1. The average molecular weight is 557 g/mol. The molecule has 12 heteroatoms. The Morgan fingerprint density at radius 3 is 2.10 bits per heavy atom. The highest BCUT2D eigenvalue weighted by molar-refractivity contribution is 7.89. The first-order valence-electron chi connectivity index (χ1n) is 14.3. The lowest BCUT2D eigenvalue weighted by molar-refractivity contribution is -0.121. The van der Waals surface area contributed by atoms with Gasteiger partial charge in [0.1, 0.15) is 10.7 Å². The van der Waals surface area contributed by atoms with Crippen molar-refractivity contribution in [2.45, 2.75) is 80.3 Å². The van der Waals surface area contributed by atoms with Gasteiger partial charge in [-0.2, -0.15) is 4.31 Å². The number of hydrogen-bond acceptors (Lipinski definition) is 7. The highest BCUT2D eigenvalue weighted by Gasteiger charge is 2.55. The van der Waals surface area contributed by atoms with Crippen LogP contribution in [0.15, 0.2) is 23.2 Å². The molecule has 3 saturated heterocycles. The van der Waals surface area contributed by atoms with Crippen LogP contribution >= 0.6 is 0 Å². The number of nitrogens with two attached hydrogens (primary N) is 1. The summed E-state index contributed by atoms with van der Waals surface area (Å²) < 4.78 is 28.4. The van der Waals surface area contributed by atoms with E-state index in [0.717, 1.165) is 29.6 Å². The molecule has 39 heavy (non-hydrogen) atoms. The zero-order valence-corrected chi connectivity index (χ0v) is 22.8. The summed E-state index contributed by atoms with van der Waals surface area (Å²) in [4.78, 5) is 44.4. The molecule has 0 spiro atoms. The second-order valence-corrected chi connectivity index (χ2v) is 14.6. The molecule has 6 bridgehead atoms. The minimum absolute atomic E-state index is 0.00890. The van der Waals surface area contributed by atoms with Crippen LogP contribution in [0.1, 0.15) is 57.8 Å². The van der Waals surface area contributed by atoms with Gasteiger partial charge in [-0.25, -0.2) is 23.1 Å². The van der Waals surface area contributed by atoms with Crippen LogP contribution in [0.25, 0.3) is 0 Å². The minimum Gasteiger partial charge on any atom is -0.336 e. The molecule has 4 heterocycles. The number of hydrogen-bond donors (Lipinski definition) is 2. The van der Waals surface area contributed by atoms with Crippen molar-refractivity contribution in [1.82, 2.24) is 19.5 Å². The fourth-order valence-corrected chi connectivity index (χ4v) is 10.2. The van der Waals surface area contributed by atoms with Gasteiger partial charge in [0.15, 0.2) is 0 Å². The van der Waals surface area contributed by atoms with Crippen LogP contribution in [0, 0.1) is 23.7 Å². The largest absolute Gasteiger partial charge is 0.336 e. The molecule has 4 aliphatic carbocycles. The average Bonchev–Trinajstić information content (AvgIpc) is 3.38. The number of imide groups is 1. The van der Waals surface area contributed by atoms with Crippen LogP contribution in [0.4, 0.5) is 10.6 Å². The van der Waals surface area contributed by atoms with Crippen molar-refractivity contribution in [3.8, 4) is 0 Å². The van der Waals surface area contributed by atoms with Gasteiger partial charge in [0.25, 0.3) is 0 Å². The van der Waals surface area contributed by atoms with Crippen molar-refractivity contribution < 1.29 is 22.8 Å². The van der Waals surface area contributed by atoms with Gasteiger partial charge in [0, 0.05) is 56.3 Å². The van der Waals surface area contributed by atoms with E-state index in [-0.39, 0.29) is 72.1 Å². The number of amides is 4. The molecule has 7 aliphatic rings. The number of nitrogens with zero attached hydrogens (tertiary/aromatic N) is 4. The minimum atomic E-state index is -3.85. The molecule has 1 aromatic heterocycles. The molecule has 1 aromatic rings. The van der Waals surface area contributed by atoms with Crippen molar-refractivity contribution in [2.24, 2.45) is 29.4 Å². The standard InChI is InChI=1S/C27H36N6O5S/c28-27(18-8-16-7-17(10-18)11-19(27)9-16)15-30-26(36)32-20-1-2-21(32)14-31(13-20)39(37,38)22-3-4-23(29-12-22)33-24(34)5-6-25(33)35/h3-4,12,16-21H,1-2,5-11,13-15,28H2,(H,30,36). The molecule has 2 atom stereocenters. The van der Waals surface area contributed by atoms with Crippen molar-refractivity contribution in [3.05, 3.63) is 18.3 Å². The lowest BCUT2D eigenvalue weighted by atomic mass is 9.49. The normalized spacial score (nSPS) is 37.7. The molecule has 3 aliphatic heterocycles. The van der Waals surface area contributed by atoms with Gasteiger partial charge in [-0.3, -0.25) is 9.59 Å². The van der Waals surface area contributed by atoms with Crippen LogP contribution in [-0.2, 0) is 19.6 Å². The highest BCUT2D eigenvalue weighted by atomic mass is 32.2. The summed E-state index contributed by atoms with van der Waals surface area (Å²) in [7, 11) is -3.85. The van der Waals surface area contributed by atoms with Crippen LogP contribution in [0.3, 0.4) is 0 Å². The zero-order valence-electron chi connectivity index (χ0n) is 22.0. The van der Waals surface area contributed by atoms with E-state index in [0.29, 0.717) is 18.4 Å². The van der Waals surface area contributed by atoms with Gasteiger partial charge < -0.3 is 16.0 Å². The van der Waals surface area contributed by atoms with E-state index in [1.807, 2.05) is 4.90 Å². The second kappa shape index (κ2) is 8.97. The molecular formula is C27H36N6O5S. The lowest BCUT2D eigenvalue weighted by Crippen LogP contribution is -2.68. The smallest absolute Gasteiger partial charge is 0.318 e. The number of fused-ring (bicyclic) bond motifs is 2. The van der Waals surface area contributed by atoms with Crippen LogP contribution in [0.2, 0.25) is 0 Å². The molecule has 11 nitrogen and oxygen atoms in total. The number of pyridine rings is 1. The van der Waals surface area contributed by atoms with Crippen molar-refractivity contribution in [3.63, 3.8) is 0 Å². The maximum Gasteiger partial charge on any atom is 0.318 e. The summed E-state index contributed by atoms with van der Waals surface area (Å²) in [6, 6.07) is 2.27. The van der Waals surface area contributed by atoms with Crippen LogP contribution < -0.4 is 16.0 Å². The van der Waals surface area contributed by atoms with E-state index in [9.17, 15) is 22.8 Å². The monoisotopic (exact) mass is 556 g/mol. The van der Waals surface area contributed by atoms with Crippen LogP contribution in [-0.4, -0.2) is 77.7 Å². The summed E-state index contributed by atoms with van der Waals surface area (Å²) in [5, 5.41) is 3.17. The molecular weight excluding hydrogens is 520 g/mol. The third-order valence-electron chi connectivity index (χ3n) is 10.5. The predicted octanol–water partition coefficient (Wildman–Crippen LogP) is 1.44. The quantitative estimate of drug-likeness (QED) is 0.522. The number of aromatic nitrogens is 1. The predicted molar refractivity (Wildman–Crippen MR) is 141 cm³/mol. The number of carbonyl (C=O) groups excluding carboxylic acids is 3. The number of piperazine rings is 1. The molecule has 2 unspecified atom stereocenters. The van der Waals surface area contributed by atoms with E-state index in [4.69, 9.17) is 5.73 Å². The van der Waals surface area contributed by atoms with Gasteiger partial charge in [0.2, 0.25) is 21.8 Å². The van der Waals surface area contributed by atoms with Gasteiger partial charge in [-0.1, -0.05) is 0 Å². The lowest BCUT2D eigenvalue weighted by Gasteiger charge is -2.60. The summed E-state index contributed by atoms with van der Waals surface area (Å²) in [6.07, 6.45) is 9.06. The number of sulfonamides is 1. The fourth-order valence-electron chi connectivity index (χ4n) is 8.70. The van der Waals surface area contributed by atoms with Gasteiger partial charge >= 0.3 is 6.03 Å². The first-order valence-corrected chi connectivity index (χ1v) is 15.7.